The second-order valence-electron chi connectivity index (χ2n) is 9.71. The van der Waals surface area contributed by atoms with Gasteiger partial charge < -0.3 is 15.2 Å². The molecule has 4 bridgehead atoms. The van der Waals surface area contributed by atoms with Crippen LogP contribution in [0.4, 0.5) is 0 Å². The van der Waals surface area contributed by atoms with Crippen molar-refractivity contribution in [3.05, 3.63) is 40.3 Å². The summed E-state index contributed by atoms with van der Waals surface area (Å²) in [5, 5.41) is 19.0. The molecule has 158 valence electrons. The van der Waals surface area contributed by atoms with E-state index in [1.54, 1.807) is 12.1 Å². The summed E-state index contributed by atoms with van der Waals surface area (Å²) in [4.78, 5) is 37.1. The van der Waals surface area contributed by atoms with Gasteiger partial charge >= 0.3 is 0 Å². The average molecular weight is 408 g/mol. The molecule has 4 aliphatic rings. The summed E-state index contributed by atoms with van der Waals surface area (Å²) < 4.78 is 0.940. The van der Waals surface area contributed by atoms with Crippen LogP contribution in [0.2, 0.25) is 0 Å². The zero-order valence-electron chi connectivity index (χ0n) is 17.1. The van der Waals surface area contributed by atoms with Crippen molar-refractivity contribution in [3.63, 3.8) is 0 Å². The first-order valence-electron chi connectivity index (χ1n) is 10.9. The SMILES string of the molecule is C[C@H](NC(=O)Cn1nc(C(=O)[O-])c2ccccc2c1=O)C12CC3CC(CC(C3)C1)C2. The van der Waals surface area contributed by atoms with E-state index in [0.29, 0.717) is 0 Å². The van der Waals surface area contributed by atoms with Gasteiger partial charge in [0.05, 0.1) is 11.4 Å². The van der Waals surface area contributed by atoms with Gasteiger partial charge in [0.25, 0.3) is 5.56 Å². The lowest BCUT2D eigenvalue weighted by Crippen LogP contribution is -2.56. The number of hydrogen-bond donors (Lipinski definition) is 1. The number of fused-ring (bicyclic) bond motifs is 1. The van der Waals surface area contributed by atoms with Crippen LogP contribution in [-0.4, -0.2) is 27.7 Å². The Morgan fingerprint density at radius 1 is 1.13 bits per heavy atom. The number of benzene rings is 1. The fourth-order valence-corrected chi connectivity index (χ4v) is 6.78. The Hall–Kier alpha value is -2.70. The van der Waals surface area contributed by atoms with Crippen LogP contribution < -0.4 is 16.0 Å². The molecule has 0 radical (unpaired) electrons. The first kappa shape index (κ1) is 19.3. The van der Waals surface area contributed by atoms with Crippen molar-refractivity contribution in [1.82, 2.24) is 15.1 Å². The van der Waals surface area contributed by atoms with Gasteiger partial charge in [-0.3, -0.25) is 9.59 Å². The molecule has 30 heavy (non-hydrogen) atoms. The highest BCUT2D eigenvalue weighted by Gasteiger charge is 2.53. The van der Waals surface area contributed by atoms with Crippen LogP contribution in [-0.2, 0) is 11.3 Å². The van der Waals surface area contributed by atoms with E-state index in [-0.39, 0.29) is 40.4 Å². The number of hydrogen-bond acceptors (Lipinski definition) is 5. The molecule has 4 saturated carbocycles. The van der Waals surface area contributed by atoms with Crippen molar-refractivity contribution in [3.8, 4) is 0 Å². The predicted octanol–water partition coefficient (Wildman–Crippen LogP) is 1.48. The molecule has 0 saturated heterocycles. The van der Waals surface area contributed by atoms with Crippen molar-refractivity contribution in [1.29, 1.82) is 0 Å². The molecule has 0 unspecified atom stereocenters. The summed E-state index contributed by atoms with van der Waals surface area (Å²) in [6.07, 6.45) is 7.52. The van der Waals surface area contributed by atoms with Gasteiger partial charge in [-0.2, -0.15) is 5.10 Å². The van der Waals surface area contributed by atoms with E-state index < -0.39 is 11.5 Å². The second kappa shape index (κ2) is 6.93. The molecule has 4 aliphatic carbocycles. The van der Waals surface area contributed by atoms with Gasteiger partial charge in [0, 0.05) is 11.4 Å². The third-order valence-corrected chi connectivity index (χ3v) is 7.74. The summed E-state index contributed by atoms with van der Waals surface area (Å²) >= 11 is 0. The van der Waals surface area contributed by atoms with Crippen LogP contribution in [0.3, 0.4) is 0 Å². The molecule has 1 atom stereocenters. The van der Waals surface area contributed by atoms with Crippen LogP contribution in [0.1, 0.15) is 55.9 Å². The number of aromatic carboxylic acids is 1. The largest absolute Gasteiger partial charge is 0.543 e. The maximum absolute atomic E-state index is 12.8. The van der Waals surface area contributed by atoms with Crippen molar-refractivity contribution in [2.45, 2.75) is 58.0 Å². The quantitative estimate of drug-likeness (QED) is 0.807. The predicted molar refractivity (Wildman–Crippen MR) is 109 cm³/mol. The number of amides is 1. The zero-order chi connectivity index (χ0) is 21.0. The minimum Gasteiger partial charge on any atom is -0.543 e. The number of carbonyl (C=O) groups is 2. The van der Waals surface area contributed by atoms with Crippen LogP contribution in [0.25, 0.3) is 10.8 Å². The number of aromatic nitrogens is 2. The van der Waals surface area contributed by atoms with E-state index in [1.807, 2.05) is 0 Å². The Morgan fingerprint density at radius 3 is 2.27 bits per heavy atom. The summed E-state index contributed by atoms with van der Waals surface area (Å²) in [7, 11) is 0. The lowest BCUT2D eigenvalue weighted by atomic mass is 9.48. The third kappa shape index (κ3) is 3.11. The minimum absolute atomic E-state index is 0.0233. The van der Waals surface area contributed by atoms with E-state index in [1.165, 1.54) is 50.7 Å². The topological polar surface area (TPSA) is 104 Å². The molecule has 7 heteroatoms. The number of nitrogens with one attached hydrogen (secondary N) is 1. The standard InChI is InChI=1S/C23H27N3O4/c1-13(23-9-14-6-15(10-23)8-16(7-14)11-23)24-19(27)12-26-21(28)18-5-3-2-4-17(18)20(25-26)22(29)30/h2-5,13-16H,6-12H2,1H3,(H,24,27)(H,29,30)/p-1/t13-,14?,15?,16?,23?/m0/s1. The Morgan fingerprint density at radius 2 is 1.70 bits per heavy atom. The molecular weight excluding hydrogens is 382 g/mol. The minimum atomic E-state index is -1.47. The summed E-state index contributed by atoms with van der Waals surface area (Å²) in [6, 6.07) is 6.38. The Bertz CT molecular complexity index is 1050. The van der Waals surface area contributed by atoms with E-state index in [2.05, 4.69) is 17.3 Å². The number of nitrogens with zero attached hydrogens (tertiary/aromatic N) is 2. The molecule has 0 spiro atoms. The molecule has 1 N–H and O–H groups in total. The normalized spacial score (nSPS) is 30.4. The number of rotatable bonds is 5. The summed E-state index contributed by atoms with van der Waals surface area (Å²) in [5.74, 6) is 0.567. The molecular formula is C23H26N3O4-. The van der Waals surface area contributed by atoms with Crippen LogP contribution in [0.5, 0.6) is 0 Å². The number of carboxylic acid groups (broad SMARTS) is 1. The van der Waals surface area contributed by atoms with Crippen molar-refractivity contribution >= 4 is 22.6 Å². The maximum Gasteiger partial charge on any atom is 0.275 e. The molecule has 1 amide bonds. The van der Waals surface area contributed by atoms with Crippen molar-refractivity contribution < 1.29 is 14.7 Å². The first-order valence-corrected chi connectivity index (χ1v) is 10.9. The molecule has 1 aromatic heterocycles. The van der Waals surface area contributed by atoms with Gasteiger partial charge in [0.1, 0.15) is 12.2 Å². The molecule has 6 rings (SSSR count). The Balaban J connectivity index is 1.37. The van der Waals surface area contributed by atoms with E-state index in [4.69, 9.17) is 0 Å². The molecule has 1 heterocycles. The van der Waals surface area contributed by atoms with Crippen LogP contribution >= 0.6 is 0 Å². The maximum atomic E-state index is 12.8. The van der Waals surface area contributed by atoms with E-state index in [9.17, 15) is 19.5 Å². The van der Waals surface area contributed by atoms with Gasteiger partial charge in [-0.1, -0.05) is 18.2 Å². The van der Waals surface area contributed by atoms with Gasteiger partial charge in [-0.15, -0.1) is 0 Å². The highest BCUT2D eigenvalue weighted by Crippen LogP contribution is 2.61. The molecule has 2 aromatic rings. The monoisotopic (exact) mass is 408 g/mol. The van der Waals surface area contributed by atoms with Gasteiger partial charge in [0.15, 0.2) is 0 Å². The third-order valence-electron chi connectivity index (χ3n) is 7.74. The highest BCUT2D eigenvalue weighted by molar-refractivity contribution is 6.00. The van der Waals surface area contributed by atoms with Gasteiger partial charge in [-0.25, -0.2) is 4.68 Å². The van der Waals surface area contributed by atoms with Crippen molar-refractivity contribution in [2.75, 3.05) is 0 Å². The van der Waals surface area contributed by atoms with Crippen LogP contribution in [0.15, 0.2) is 29.1 Å². The number of carboxylic acids is 1. The zero-order valence-corrected chi connectivity index (χ0v) is 17.1. The number of carbonyl (C=O) groups excluding carboxylic acids is 2. The summed E-state index contributed by atoms with van der Waals surface area (Å²) in [5.41, 5.74) is -0.650. The van der Waals surface area contributed by atoms with Gasteiger partial charge in [-0.05, 0) is 74.7 Å². The smallest absolute Gasteiger partial charge is 0.275 e. The van der Waals surface area contributed by atoms with Crippen molar-refractivity contribution in [2.24, 2.45) is 23.2 Å². The van der Waals surface area contributed by atoms with E-state index in [0.717, 1.165) is 22.4 Å². The van der Waals surface area contributed by atoms with E-state index >= 15 is 0 Å². The second-order valence-corrected chi connectivity index (χ2v) is 9.71. The molecule has 0 aliphatic heterocycles. The Kier molecular flexibility index (Phi) is 4.45. The molecule has 1 aromatic carbocycles. The summed E-state index contributed by atoms with van der Waals surface area (Å²) in [6.45, 7) is 1.77. The van der Waals surface area contributed by atoms with Gasteiger partial charge in [0.2, 0.25) is 5.91 Å². The highest BCUT2D eigenvalue weighted by atomic mass is 16.4. The molecule has 4 fully saturated rings. The first-order chi connectivity index (χ1) is 14.3. The Labute approximate surface area is 174 Å². The fraction of sp³-hybridized carbons (Fsp3) is 0.565. The van der Waals surface area contributed by atoms with Crippen LogP contribution in [0, 0.1) is 23.2 Å². The lowest BCUT2D eigenvalue weighted by molar-refractivity contribution is -0.255. The fourth-order valence-electron chi connectivity index (χ4n) is 6.78. The average Bonchev–Trinajstić information content (AvgIpc) is 2.69. The molecule has 7 nitrogen and oxygen atoms in total. The lowest BCUT2D eigenvalue weighted by Gasteiger charge is -2.59.